The molecule has 2 aromatic carbocycles. The highest BCUT2D eigenvalue weighted by atomic mass is 35.5. The van der Waals surface area contributed by atoms with E-state index in [-0.39, 0.29) is 5.97 Å². The first-order valence-corrected chi connectivity index (χ1v) is 13.1. The summed E-state index contributed by atoms with van der Waals surface area (Å²) in [5, 5.41) is 4.27. The Bertz CT molecular complexity index is 1220. The van der Waals surface area contributed by atoms with Crippen molar-refractivity contribution < 1.29 is 9.53 Å². The SMILES string of the molecule is COC(=O)c1cccnc1Cc1ccc(Nc2ccc(C34CC5CC(CC(C5)C3)C4)cc2Cl)cc1. The third-order valence-corrected chi connectivity index (χ3v) is 8.83. The molecule has 7 rings (SSSR count). The van der Waals surface area contributed by atoms with E-state index in [9.17, 15) is 4.79 Å². The molecular formula is C30H31ClN2O2. The lowest BCUT2D eigenvalue weighted by Crippen LogP contribution is -2.48. The Hall–Kier alpha value is -2.85. The Morgan fingerprint density at radius 3 is 2.34 bits per heavy atom. The second kappa shape index (κ2) is 8.98. The number of hydrogen-bond acceptors (Lipinski definition) is 4. The zero-order chi connectivity index (χ0) is 24.0. The normalized spacial score (nSPS) is 26.5. The summed E-state index contributed by atoms with van der Waals surface area (Å²) >= 11 is 6.80. The van der Waals surface area contributed by atoms with Gasteiger partial charge in [-0.3, -0.25) is 4.98 Å². The molecule has 0 atom stereocenters. The van der Waals surface area contributed by atoms with Crippen LogP contribution in [0.4, 0.5) is 11.4 Å². The lowest BCUT2D eigenvalue weighted by Gasteiger charge is -2.57. The van der Waals surface area contributed by atoms with Crippen LogP contribution >= 0.6 is 11.6 Å². The van der Waals surface area contributed by atoms with Gasteiger partial charge in [-0.25, -0.2) is 4.79 Å². The molecule has 1 aromatic heterocycles. The largest absolute Gasteiger partial charge is 0.465 e. The van der Waals surface area contributed by atoms with Gasteiger partial charge in [-0.1, -0.05) is 29.8 Å². The van der Waals surface area contributed by atoms with Crippen molar-refractivity contribution in [3.8, 4) is 0 Å². The summed E-state index contributed by atoms with van der Waals surface area (Å²) in [5.41, 5.74) is 6.00. The number of halogens is 1. The number of methoxy groups -OCH3 is 1. The smallest absolute Gasteiger partial charge is 0.339 e. The molecule has 4 bridgehead atoms. The van der Waals surface area contributed by atoms with Crippen LogP contribution in [-0.2, 0) is 16.6 Å². The average Bonchev–Trinajstić information content (AvgIpc) is 2.85. The van der Waals surface area contributed by atoms with Crippen molar-refractivity contribution >= 4 is 28.9 Å². The minimum absolute atomic E-state index is 0.354. The standard InChI is InChI=1S/C30H31ClN2O2/c1-35-29(34)25-3-2-10-32-28(25)14-19-4-7-24(8-5-19)33-27-9-6-23(15-26(27)31)30-16-20-11-21(17-30)13-22(12-20)18-30/h2-10,15,20-22,33H,11-14,16-18H2,1H3. The molecule has 1 heterocycles. The van der Waals surface area contributed by atoms with E-state index in [4.69, 9.17) is 16.3 Å². The third-order valence-electron chi connectivity index (χ3n) is 8.52. The first-order chi connectivity index (χ1) is 17.0. The van der Waals surface area contributed by atoms with Gasteiger partial charge in [-0.15, -0.1) is 0 Å². The molecule has 4 nitrogen and oxygen atoms in total. The van der Waals surface area contributed by atoms with Crippen LogP contribution in [0.3, 0.4) is 0 Å². The molecule has 0 spiro atoms. The van der Waals surface area contributed by atoms with Gasteiger partial charge in [0.2, 0.25) is 0 Å². The number of aromatic nitrogens is 1. The zero-order valence-electron chi connectivity index (χ0n) is 20.1. The van der Waals surface area contributed by atoms with Gasteiger partial charge in [-0.05, 0) is 109 Å². The van der Waals surface area contributed by atoms with Crippen LogP contribution < -0.4 is 5.32 Å². The molecular weight excluding hydrogens is 456 g/mol. The van der Waals surface area contributed by atoms with E-state index in [0.29, 0.717) is 23.1 Å². The molecule has 0 amide bonds. The Labute approximate surface area is 212 Å². The predicted octanol–water partition coefficient (Wildman–Crippen LogP) is 7.32. The number of carbonyl (C=O) groups excluding carboxylic acids is 1. The van der Waals surface area contributed by atoms with Crippen LogP contribution in [0.15, 0.2) is 60.8 Å². The molecule has 4 saturated carbocycles. The van der Waals surface area contributed by atoms with E-state index in [1.54, 1.807) is 18.3 Å². The average molecular weight is 487 g/mol. The highest BCUT2D eigenvalue weighted by molar-refractivity contribution is 6.33. The summed E-state index contributed by atoms with van der Waals surface area (Å²) in [6.07, 6.45) is 10.7. The molecule has 0 radical (unpaired) electrons. The van der Waals surface area contributed by atoms with Gasteiger partial charge < -0.3 is 10.1 Å². The predicted molar refractivity (Wildman–Crippen MR) is 139 cm³/mol. The van der Waals surface area contributed by atoms with E-state index in [1.165, 1.54) is 51.2 Å². The van der Waals surface area contributed by atoms with E-state index < -0.39 is 0 Å². The Kier molecular flexibility index (Phi) is 5.80. The summed E-state index contributed by atoms with van der Waals surface area (Å²) in [5.74, 6) is 2.40. The summed E-state index contributed by atoms with van der Waals surface area (Å²) in [6.45, 7) is 0. The highest BCUT2D eigenvalue weighted by Gasteiger charge is 2.51. The van der Waals surface area contributed by atoms with Crippen molar-refractivity contribution in [1.29, 1.82) is 0 Å². The minimum atomic E-state index is -0.363. The molecule has 4 aliphatic rings. The van der Waals surface area contributed by atoms with Gasteiger partial charge in [0.1, 0.15) is 0 Å². The number of rotatable bonds is 6. The van der Waals surface area contributed by atoms with Crippen molar-refractivity contribution in [2.45, 2.75) is 50.4 Å². The molecule has 0 aliphatic heterocycles. The second-order valence-electron chi connectivity index (χ2n) is 10.9. The van der Waals surface area contributed by atoms with Crippen molar-refractivity contribution in [3.05, 3.63) is 88.2 Å². The molecule has 3 aromatic rings. The number of anilines is 2. The number of nitrogens with zero attached hydrogens (tertiary/aromatic N) is 1. The summed E-state index contributed by atoms with van der Waals surface area (Å²) in [4.78, 5) is 16.4. The first-order valence-electron chi connectivity index (χ1n) is 12.7. The first kappa shape index (κ1) is 22.6. The highest BCUT2D eigenvalue weighted by Crippen LogP contribution is 2.61. The number of ether oxygens (including phenoxy) is 1. The van der Waals surface area contributed by atoms with Gasteiger partial charge in [0.15, 0.2) is 0 Å². The van der Waals surface area contributed by atoms with Gasteiger partial charge in [0, 0.05) is 18.3 Å². The van der Waals surface area contributed by atoms with E-state index in [2.05, 4.69) is 40.6 Å². The minimum Gasteiger partial charge on any atom is -0.465 e. The molecule has 4 fully saturated rings. The topological polar surface area (TPSA) is 51.2 Å². The van der Waals surface area contributed by atoms with Crippen LogP contribution in [0.1, 0.15) is 65.7 Å². The van der Waals surface area contributed by atoms with Crippen molar-refractivity contribution in [3.63, 3.8) is 0 Å². The molecule has 4 aliphatic carbocycles. The van der Waals surface area contributed by atoms with Gasteiger partial charge in [0.25, 0.3) is 0 Å². The summed E-state index contributed by atoms with van der Waals surface area (Å²) < 4.78 is 4.89. The lowest BCUT2D eigenvalue weighted by molar-refractivity contribution is -0.00517. The number of benzene rings is 2. The van der Waals surface area contributed by atoms with E-state index in [0.717, 1.165) is 39.7 Å². The van der Waals surface area contributed by atoms with Crippen LogP contribution in [0.5, 0.6) is 0 Å². The monoisotopic (exact) mass is 486 g/mol. The maximum absolute atomic E-state index is 12.0. The van der Waals surface area contributed by atoms with Gasteiger partial charge in [0.05, 0.1) is 29.1 Å². The number of hydrogen-bond donors (Lipinski definition) is 1. The summed E-state index contributed by atoms with van der Waals surface area (Å²) in [7, 11) is 1.39. The van der Waals surface area contributed by atoms with Crippen LogP contribution in [-0.4, -0.2) is 18.1 Å². The van der Waals surface area contributed by atoms with Crippen LogP contribution in [0.25, 0.3) is 0 Å². The van der Waals surface area contributed by atoms with Crippen LogP contribution in [0, 0.1) is 17.8 Å². The summed E-state index contributed by atoms with van der Waals surface area (Å²) in [6, 6.07) is 18.4. The third kappa shape index (κ3) is 4.33. The number of pyridine rings is 1. The maximum Gasteiger partial charge on any atom is 0.339 e. The fourth-order valence-electron chi connectivity index (χ4n) is 7.34. The number of nitrogens with one attached hydrogen (secondary N) is 1. The maximum atomic E-state index is 12.0. The fraction of sp³-hybridized carbons (Fsp3) is 0.400. The number of carbonyl (C=O) groups is 1. The van der Waals surface area contributed by atoms with Gasteiger partial charge in [-0.2, -0.15) is 0 Å². The zero-order valence-corrected chi connectivity index (χ0v) is 20.9. The quantitative estimate of drug-likeness (QED) is 0.371. The molecule has 0 unspecified atom stereocenters. The molecule has 35 heavy (non-hydrogen) atoms. The molecule has 1 N–H and O–H groups in total. The molecule has 5 heteroatoms. The van der Waals surface area contributed by atoms with Crippen molar-refractivity contribution in [1.82, 2.24) is 4.98 Å². The Morgan fingerprint density at radius 2 is 1.71 bits per heavy atom. The van der Waals surface area contributed by atoms with Gasteiger partial charge >= 0.3 is 5.97 Å². The Morgan fingerprint density at radius 1 is 1.03 bits per heavy atom. The number of esters is 1. The van der Waals surface area contributed by atoms with E-state index >= 15 is 0 Å². The second-order valence-corrected chi connectivity index (χ2v) is 11.3. The van der Waals surface area contributed by atoms with E-state index in [1.807, 2.05) is 12.1 Å². The van der Waals surface area contributed by atoms with Crippen molar-refractivity contribution in [2.75, 3.05) is 12.4 Å². The molecule has 0 saturated heterocycles. The van der Waals surface area contributed by atoms with Crippen molar-refractivity contribution in [2.24, 2.45) is 17.8 Å². The lowest BCUT2D eigenvalue weighted by atomic mass is 9.48. The molecule has 180 valence electrons. The fourth-order valence-corrected chi connectivity index (χ4v) is 7.57. The van der Waals surface area contributed by atoms with Crippen LogP contribution in [0.2, 0.25) is 5.02 Å². The Balaban J connectivity index is 1.16.